The third-order valence-corrected chi connectivity index (χ3v) is 3.38. The third kappa shape index (κ3) is 5.78. The van der Waals surface area contributed by atoms with Gasteiger partial charge in [-0.3, -0.25) is 0 Å². The average Bonchev–Trinajstić information content (AvgIpc) is 2.33. The maximum Gasteiger partial charge on any atom is 0.317 e. The summed E-state index contributed by atoms with van der Waals surface area (Å²) in [6.45, 7) is 8.89. The normalized spacial score (nSPS) is 13.6. The van der Waals surface area contributed by atoms with Crippen molar-refractivity contribution in [3.8, 4) is 0 Å². The molecule has 0 heterocycles. The Hall–Kier alpha value is -1.69. The average molecular weight is 328 g/mol. The second-order valence-corrected chi connectivity index (χ2v) is 7.58. The van der Waals surface area contributed by atoms with Crippen molar-refractivity contribution in [2.45, 2.75) is 46.3 Å². The fourth-order valence-corrected chi connectivity index (χ4v) is 2.38. The second-order valence-electron chi connectivity index (χ2n) is 7.58. The van der Waals surface area contributed by atoms with Gasteiger partial charge in [0.1, 0.15) is 11.6 Å². The summed E-state index contributed by atoms with van der Waals surface area (Å²) in [6.07, 6.45) is 0. The molecule has 0 aliphatic heterocycles. The molecule has 2 amide bonds. The number of halogens is 2. The van der Waals surface area contributed by atoms with Gasteiger partial charge in [0.15, 0.2) is 0 Å². The first kappa shape index (κ1) is 19.4. The number of hydrogen-bond donors (Lipinski definition) is 2. The first-order valence-electron chi connectivity index (χ1n) is 7.50. The number of aliphatic hydroxyl groups is 1. The van der Waals surface area contributed by atoms with Crippen LogP contribution in [0.5, 0.6) is 0 Å². The molecule has 0 saturated carbocycles. The van der Waals surface area contributed by atoms with E-state index < -0.39 is 34.7 Å². The molecule has 0 radical (unpaired) electrons. The number of benzene rings is 1. The number of nitrogens with one attached hydrogen (secondary N) is 1. The summed E-state index contributed by atoms with van der Waals surface area (Å²) < 4.78 is 27.2. The zero-order chi connectivity index (χ0) is 18.0. The van der Waals surface area contributed by atoms with Crippen molar-refractivity contribution in [3.63, 3.8) is 0 Å². The van der Waals surface area contributed by atoms with Gasteiger partial charge < -0.3 is 15.3 Å². The Kier molecular flexibility index (Phi) is 5.74. The Bertz CT molecular complexity index is 563. The molecule has 1 unspecified atom stereocenters. The molecule has 6 heteroatoms. The van der Waals surface area contributed by atoms with Crippen LogP contribution in [0, 0.1) is 17.0 Å². The Morgan fingerprint density at radius 2 is 1.83 bits per heavy atom. The molecule has 0 spiro atoms. The van der Waals surface area contributed by atoms with Gasteiger partial charge in [-0.1, -0.05) is 26.8 Å². The molecular weight excluding hydrogens is 302 g/mol. The smallest absolute Gasteiger partial charge is 0.317 e. The van der Waals surface area contributed by atoms with Gasteiger partial charge in [0.05, 0.1) is 18.2 Å². The van der Waals surface area contributed by atoms with Gasteiger partial charge in [0.25, 0.3) is 0 Å². The number of urea groups is 1. The van der Waals surface area contributed by atoms with Crippen molar-refractivity contribution in [1.82, 2.24) is 10.2 Å². The van der Waals surface area contributed by atoms with E-state index in [0.29, 0.717) is 0 Å². The Morgan fingerprint density at radius 1 is 1.26 bits per heavy atom. The van der Waals surface area contributed by atoms with Crippen LogP contribution < -0.4 is 5.32 Å². The van der Waals surface area contributed by atoms with Crippen LogP contribution in [0.1, 0.15) is 46.2 Å². The molecular formula is C17H26F2N2O2. The molecule has 0 fully saturated rings. The van der Waals surface area contributed by atoms with Gasteiger partial charge in [-0.05, 0) is 25.3 Å². The van der Waals surface area contributed by atoms with E-state index in [1.165, 1.54) is 17.0 Å². The van der Waals surface area contributed by atoms with Crippen molar-refractivity contribution in [1.29, 1.82) is 0 Å². The van der Waals surface area contributed by atoms with Gasteiger partial charge in [0, 0.05) is 18.7 Å². The summed E-state index contributed by atoms with van der Waals surface area (Å²) in [7, 11) is 1.55. The zero-order valence-corrected chi connectivity index (χ0v) is 14.6. The summed E-state index contributed by atoms with van der Waals surface area (Å²) >= 11 is 0. The molecule has 1 aromatic rings. The maximum absolute atomic E-state index is 14.1. The SMILES string of the molecule is CN(CC(C)(C)O)C(=O)NC(c1ccc(F)cc1F)C(C)(C)C. The lowest BCUT2D eigenvalue weighted by atomic mass is 9.82. The molecule has 0 bridgehead atoms. The predicted octanol–water partition coefficient (Wildman–Crippen LogP) is 3.46. The van der Waals surface area contributed by atoms with Crippen molar-refractivity contribution in [2.24, 2.45) is 5.41 Å². The number of nitrogens with zero attached hydrogens (tertiary/aromatic N) is 1. The van der Waals surface area contributed by atoms with E-state index in [2.05, 4.69) is 5.32 Å². The fourth-order valence-electron chi connectivity index (χ4n) is 2.38. The molecule has 0 saturated heterocycles. The summed E-state index contributed by atoms with van der Waals surface area (Å²) in [5.74, 6) is -1.36. The lowest BCUT2D eigenvalue weighted by Crippen LogP contribution is -2.47. The van der Waals surface area contributed by atoms with Crippen LogP contribution in [-0.2, 0) is 0 Å². The lowest BCUT2D eigenvalue weighted by molar-refractivity contribution is 0.0520. The summed E-state index contributed by atoms with van der Waals surface area (Å²) in [4.78, 5) is 13.7. The second kappa shape index (κ2) is 6.83. The molecule has 4 nitrogen and oxygen atoms in total. The Balaban J connectivity index is 3.03. The number of likely N-dealkylation sites (N-methyl/N-ethyl adjacent to an activating group) is 1. The van der Waals surface area contributed by atoms with E-state index >= 15 is 0 Å². The number of carbonyl (C=O) groups is 1. The van der Waals surface area contributed by atoms with Crippen molar-refractivity contribution >= 4 is 6.03 Å². The van der Waals surface area contributed by atoms with Crippen LogP contribution >= 0.6 is 0 Å². The van der Waals surface area contributed by atoms with Crippen LogP contribution in [0.25, 0.3) is 0 Å². The van der Waals surface area contributed by atoms with E-state index in [-0.39, 0.29) is 12.1 Å². The highest BCUT2D eigenvalue weighted by molar-refractivity contribution is 5.74. The van der Waals surface area contributed by atoms with Crippen molar-refractivity contribution in [3.05, 3.63) is 35.4 Å². The van der Waals surface area contributed by atoms with Gasteiger partial charge in [-0.25, -0.2) is 13.6 Å². The first-order valence-corrected chi connectivity index (χ1v) is 7.50. The predicted molar refractivity (Wildman–Crippen MR) is 86.0 cm³/mol. The standard InChI is InChI=1S/C17H26F2N2O2/c1-16(2,3)14(12-8-7-11(18)9-13(12)19)20-15(22)21(6)10-17(4,5)23/h7-9,14,23H,10H2,1-6H3,(H,20,22). The van der Waals surface area contributed by atoms with Crippen LogP contribution in [0.15, 0.2) is 18.2 Å². The largest absolute Gasteiger partial charge is 0.389 e. The van der Waals surface area contributed by atoms with E-state index in [0.717, 1.165) is 6.07 Å². The monoisotopic (exact) mass is 328 g/mol. The van der Waals surface area contributed by atoms with Crippen LogP contribution in [-0.4, -0.2) is 35.2 Å². The van der Waals surface area contributed by atoms with Gasteiger partial charge in [-0.15, -0.1) is 0 Å². The van der Waals surface area contributed by atoms with E-state index in [4.69, 9.17) is 0 Å². The summed E-state index contributed by atoms with van der Waals surface area (Å²) in [5.41, 5.74) is -1.29. The maximum atomic E-state index is 14.1. The highest BCUT2D eigenvalue weighted by Crippen LogP contribution is 2.34. The number of hydrogen-bond acceptors (Lipinski definition) is 2. The summed E-state index contributed by atoms with van der Waals surface area (Å²) in [5, 5.41) is 12.6. The van der Waals surface area contributed by atoms with Crippen molar-refractivity contribution < 1.29 is 18.7 Å². The highest BCUT2D eigenvalue weighted by atomic mass is 19.1. The van der Waals surface area contributed by atoms with E-state index in [9.17, 15) is 18.7 Å². The highest BCUT2D eigenvalue weighted by Gasteiger charge is 2.31. The van der Waals surface area contributed by atoms with Crippen molar-refractivity contribution in [2.75, 3.05) is 13.6 Å². The molecule has 130 valence electrons. The zero-order valence-electron chi connectivity index (χ0n) is 14.6. The van der Waals surface area contributed by atoms with Crippen LogP contribution in [0.4, 0.5) is 13.6 Å². The first-order chi connectivity index (χ1) is 10.3. The third-order valence-electron chi connectivity index (χ3n) is 3.38. The molecule has 2 N–H and O–H groups in total. The molecule has 0 aliphatic rings. The minimum absolute atomic E-state index is 0.127. The number of carbonyl (C=O) groups excluding carboxylic acids is 1. The Morgan fingerprint density at radius 3 is 2.26 bits per heavy atom. The molecule has 1 aromatic carbocycles. The molecule has 1 atom stereocenters. The molecule has 0 aliphatic carbocycles. The molecule has 1 rings (SSSR count). The minimum atomic E-state index is -1.04. The Labute approximate surface area is 136 Å². The molecule has 23 heavy (non-hydrogen) atoms. The minimum Gasteiger partial charge on any atom is -0.389 e. The quantitative estimate of drug-likeness (QED) is 0.889. The fraction of sp³-hybridized carbons (Fsp3) is 0.588. The van der Waals surface area contributed by atoms with Crippen LogP contribution in [0.3, 0.4) is 0 Å². The number of amides is 2. The van der Waals surface area contributed by atoms with Gasteiger partial charge in [-0.2, -0.15) is 0 Å². The van der Waals surface area contributed by atoms with E-state index in [1.807, 2.05) is 20.8 Å². The van der Waals surface area contributed by atoms with Crippen LogP contribution in [0.2, 0.25) is 0 Å². The van der Waals surface area contributed by atoms with Gasteiger partial charge in [0.2, 0.25) is 0 Å². The summed E-state index contributed by atoms with van der Waals surface area (Å²) in [6, 6.07) is 2.25. The molecule has 0 aromatic heterocycles. The van der Waals surface area contributed by atoms with E-state index in [1.54, 1.807) is 20.9 Å². The van der Waals surface area contributed by atoms with Gasteiger partial charge >= 0.3 is 6.03 Å². The number of rotatable bonds is 4. The lowest BCUT2D eigenvalue weighted by Gasteiger charge is -2.34. The topological polar surface area (TPSA) is 52.6 Å².